The van der Waals surface area contributed by atoms with E-state index in [4.69, 9.17) is 4.74 Å². The van der Waals surface area contributed by atoms with Crippen molar-refractivity contribution in [3.05, 3.63) is 100 Å². The first-order valence-corrected chi connectivity index (χ1v) is 14.2. The molecule has 0 bridgehead atoms. The lowest BCUT2D eigenvalue weighted by Gasteiger charge is -2.32. The van der Waals surface area contributed by atoms with Gasteiger partial charge in [-0.2, -0.15) is 0 Å². The number of ether oxygens (including phenoxy) is 1. The van der Waals surface area contributed by atoms with Crippen LogP contribution in [0.15, 0.2) is 66.7 Å². The number of piperidine rings is 2. The zero-order valence-electron chi connectivity index (χ0n) is 22.9. The number of carbonyl (C=O) groups excluding carboxylic acids is 3. The van der Waals surface area contributed by atoms with E-state index in [1.807, 2.05) is 12.1 Å². The highest BCUT2D eigenvalue weighted by Gasteiger charge is 2.40. The molecule has 206 valence electrons. The van der Waals surface area contributed by atoms with Crippen molar-refractivity contribution in [2.24, 2.45) is 0 Å². The number of likely N-dealkylation sites (tertiary alicyclic amines) is 1. The number of nitrogens with one attached hydrogen (secondary N) is 1. The van der Waals surface area contributed by atoms with Crippen molar-refractivity contribution in [1.82, 2.24) is 15.1 Å². The van der Waals surface area contributed by atoms with E-state index in [0.29, 0.717) is 36.8 Å². The molecule has 1 N–H and O–H groups in total. The van der Waals surface area contributed by atoms with Crippen LogP contribution in [0.1, 0.15) is 69.8 Å². The molecular weight excluding hydrogens is 502 g/mol. The first kappa shape index (κ1) is 26.3. The number of fused-ring (bicyclic) bond motifs is 1. The second kappa shape index (κ2) is 11.3. The van der Waals surface area contributed by atoms with Crippen molar-refractivity contribution >= 4 is 17.7 Å². The molecule has 2 fully saturated rings. The van der Waals surface area contributed by atoms with Gasteiger partial charge < -0.3 is 9.64 Å². The molecule has 6 rings (SSSR count). The Morgan fingerprint density at radius 2 is 1.65 bits per heavy atom. The molecule has 3 aliphatic rings. The Bertz CT molecular complexity index is 1430. The third-order valence-corrected chi connectivity index (χ3v) is 8.46. The van der Waals surface area contributed by atoms with Gasteiger partial charge in [-0.05, 0) is 74.0 Å². The van der Waals surface area contributed by atoms with E-state index < -0.39 is 11.9 Å². The van der Waals surface area contributed by atoms with Crippen LogP contribution in [-0.2, 0) is 29.3 Å². The predicted octanol–water partition coefficient (Wildman–Crippen LogP) is 4.71. The third-order valence-electron chi connectivity index (χ3n) is 8.46. The number of imide groups is 1. The molecule has 7 nitrogen and oxygen atoms in total. The van der Waals surface area contributed by atoms with E-state index >= 15 is 0 Å². The zero-order chi connectivity index (χ0) is 27.6. The molecule has 7 heteroatoms. The fourth-order valence-corrected chi connectivity index (χ4v) is 6.20. The molecule has 1 unspecified atom stereocenters. The Morgan fingerprint density at radius 3 is 2.40 bits per heavy atom. The molecule has 2 saturated heterocycles. The number of hydrogen-bond acceptors (Lipinski definition) is 5. The maximum absolute atomic E-state index is 13.1. The Hall–Kier alpha value is -3.97. The molecule has 40 heavy (non-hydrogen) atoms. The first-order valence-electron chi connectivity index (χ1n) is 14.2. The fraction of sp³-hybridized carbons (Fsp3) is 0.364. The monoisotopic (exact) mass is 537 g/mol. The van der Waals surface area contributed by atoms with Gasteiger partial charge in [-0.3, -0.25) is 24.6 Å². The number of aryl methyl sites for hydroxylation is 1. The van der Waals surface area contributed by atoms with Crippen LogP contribution in [0.3, 0.4) is 0 Å². The van der Waals surface area contributed by atoms with Crippen LogP contribution in [0.2, 0.25) is 0 Å². The van der Waals surface area contributed by atoms with Gasteiger partial charge in [0.2, 0.25) is 11.8 Å². The van der Waals surface area contributed by atoms with E-state index in [1.54, 1.807) is 11.0 Å². The summed E-state index contributed by atoms with van der Waals surface area (Å²) in [6.45, 7) is 6.03. The number of benzene rings is 3. The van der Waals surface area contributed by atoms with Crippen LogP contribution in [0, 0.1) is 6.92 Å². The highest BCUT2D eigenvalue weighted by Crippen LogP contribution is 2.34. The van der Waals surface area contributed by atoms with Crippen LogP contribution >= 0.6 is 0 Å². The Morgan fingerprint density at radius 1 is 0.900 bits per heavy atom. The highest BCUT2D eigenvalue weighted by molar-refractivity contribution is 6.05. The van der Waals surface area contributed by atoms with Crippen LogP contribution in [-0.4, -0.2) is 46.7 Å². The van der Waals surface area contributed by atoms with Gasteiger partial charge >= 0.3 is 0 Å². The standard InChI is InChI=1S/C33H35N3O4/c1-22-4-2-5-26(18-22)25-14-16-35(17-15-25)19-23-8-10-24(11-9-23)21-40-30-7-3-6-27-28(30)20-36(33(27)39)29-12-13-31(37)34-32(29)38/h2-11,18,25,29H,12-17,19-21H2,1H3,(H,34,37,38). The summed E-state index contributed by atoms with van der Waals surface area (Å²) in [6, 6.07) is 22.3. The summed E-state index contributed by atoms with van der Waals surface area (Å²) in [7, 11) is 0. The summed E-state index contributed by atoms with van der Waals surface area (Å²) >= 11 is 0. The van der Waals surface area contributed by atoms with Gasteiger partial charge in [0.25, 0.3) is 5.91 Å². The van der Waals surface area contributed by atoms with Gasteiger partial charge in [0.05, 0.1) is 6.54 Å². The lowest BCUT2D eigenvalue weighted by Crippen LogP contribution is -2.52. The highest BCUT2D eigenvalue weighted by atomic mass is 16.5. The molecule has 3 amide bonds. The van der Waals surface area contributed by atoms with Gasteiger partial charge in [0.1, 0.15) is 18.4 Å². The Balaban J connectivity index is 1.03. The van der Waals surface area contributed by atoms with Crippen LogP contribution in [0.25, 0.3) is 0 Å². The van der Waals surface area contributed by atoms with Crippen molar-refractivity contribution < 1.29 is 19.1 Å². The van der Waals surface area contributed by atoms with E-state index in [-0.39, 0.29) is 18.2 Å². The molecule has 3 heterocycles. The third kappa shape index (κ3) is 5.52. The molecule has 1 atom stereocenters. The van der Waals surface area contributed by atoms with Crippen LogP contribution in [0.4, 0.5) is 0 Å². The molecular formula is C33H35N3O4. The van der Waals surface area contributed by atoms with Crippen molar-refractivity contribution in [3.63, 3.8) is 0 Å². The summed E-state index contributed by atoms with van der Waals surface area (Å²) in [6.07, 6.45) is 2.97. The molecule has 0 aromatic heterocycles. The second-order valence-electron chi connectivity index (χ2n) is 11.3. The molecule has 3 aromatic rings. The Labute approximate surface area is 235 Å². The lowest BCUT2D eigenvalue weighted by atomic mass is 9.88. The van der Waals surface area contributed by atoms with Gasteiger partial charge in [0, 0.05) is 24.1 Å². The lowest BCUT2D eigenvalue weighted by molar-refractivity contribution is -0.136. The maximum Gasteiger partial charge on any atom is 0.255 e. The van der Waals surface area contributed by atoms with Crippen molar-refractivity contribution in [2.75, 3.05) is 13.1 Å². The number of rotatable bonds is 7. The second-order valence-corrected chi connectivity index (χ2v) is 11.3. The maximum atomic E-state index is 13.1. The molecule has 0 aliphatic carbocycles. The number of nitrogens with zero attached hydrogens (tertiary/aromatic N) is 2. The molecule has 0 spiro atoms. The van der Waals surface area contributed by atoms with E-state index in [2.05, 4.69) is 65.7 Å². The smallest absolute Gasteiger partial charge is 0.255 e. The van der Waals surface area contributed by atoms with E-state index in [0.717, 1.165) is 30.8 Å². The quantitative estimate of drug-likeness (QED) is 0.442. The topological polar surface area (TPSA) is 79.0 Å². The van der Waals surface area contributed by atoms with E-state index in [9.17, 15) is 14.4 Å². The van der Waals surface area contributed by atoms with Crippen LogP contribution in [0.5, 0.6) is 5.75 Å². The molecule has 0 saturated carbocycles. The fourth-order valence-electron chi connectivity index (χ4n) is 6.20. The largest absolute Gasteiger partial charge is 0.489 e. The minimum atomic E-state index is -0.633. The summed E-state index contributed by atoms with van der Waals surface area (Å²) in [4.78, 5) is 41.0. The summed E-state index contributed by atoms with van der Waals surface area (Å²) < 4.78 is 6.17. The van der Waals surface area contributed by atoms with E-state index in [1.165, 1.54) is 29.5 Å². The SMILES string of the molecule is Cc1cccc(C2CCN(Cc3ccc(COc4cccc5c4CN(C4CCC(=O)NC4=O)C5=O)cc3)CC2)c1. The zero-order valence-corrected chi connectivity index (χ0v) is 22.9. The summed E-state index contributed by atoms with van der Waals surface area (Å²) in [5, 5.41) is 2.35. The minimum absolute atomic E-state index is 0.192. The van der Waals surface area contributed by atoms with Crippen molar-refractivity contribution in [2.45, 2.75) is 64.3 Å². The predicted molar refractivity (Wildman–Crippen MR) is 152 cm³/mol. The van der Waals surface area contributed by atoms with Gasteiger partial charge in [-0.15, -0.1) is 0 Å². The van der Waals surface area contributed by atoms with Gasteiger partial charge in [0.15, 0.2) is 0 Å². The van der Waals surface area contributed by atoms with Gasteiger partial charge in [-0.1, -0.05) is 60.2 Å². The number of hydrogen-bond donors (Lipinski definition) is 1. The Kier molecular flexibility index (Phi) is 7.39. The molecule has 0 radical (unpaired) electrons. The van der Waals surface area contributed by atoms with Crippen LogP contribution < -0.4 is 10.1 Å². The summed E-state index contributed by atoms with van der Waals surface area (Å²) in [5.74, 6) is 0.420. The average Bonchev–Trinajstić information content (AvgIpc) is 3.29. The number of carbonyl (C=O) groups is 3. The van der Waals surface area contributed by atoms with Crippen molar-refractivity contribution in [3.8, 4) is 5.75 Å². The average molecular weight is 538 g/mol. The van der Waals surface area contributed by atoms with Crippen molar-refractivity contribution in [1.29, 1.82) is 0 Å². The molecule has 3 aromatic carbocycles. The normalized spacial score (nSPS) is 20.0. The number of amides is 3. The van der Waals surface area contributed by atoms with Gasteiger partial charge in [-0.25, -0.2) is 0 Å². The summed E-state index contributed by atoms with van der Waals surface area (Å²) in [5.41, 5.74) is 6.52. The molecule has 3 aliphatic heterocycles. The first-order chi connectivity index (χ1) is 19.4. The minimum Gasteiger partial charge on any atom is -0.489 e.